The monoisotopic (exact) mass is 409 g/mol. The maximum atomic E-state index is 11.4. The molecule has 1 aromatic heterocycles. The SMILES string of the molecule is Cc1ccc(C(N)c2cc3[nH]c(=O)[nH]c3cc2Br)cc1Br. The van der Waals surface area contributed by atoms with Crippen molar-refractivity contribution in [1.29, 1.82) is 0 Å². The van der Waals surface area contributed by atoms with E-state index in [2.05, 4.69) is 41.8 Å². The minimum atomic E-state index is -0.279. The first-order chi connectivity index (χ1) is 9.95. The fourth-order valence-corrected chi connectivity index (χ4v) is 3.28. The van der Waals surface area contributed by atoms with Crippen LogP contribution in [0.5, 0.6) is 0 Å². The average molecular weight is 411 g/mol. The lowest BCUT2D eigenvalue weighted by Crippen LogP contribution is -2.12. The van der Waals surface area contributed by atoms with Crippen molar-refractivity contribution in [2.45, 2.75) is 13.0 Å². The number of nitrogens with one attached hydrogen (secondary N) is 2. The van der Waals surface area contributed by atoms with E-state index in [9.17, 15) is 4.79 Å². The van der Waals surface area contributed by atoms with E-state index in [-0.39, 0.29) is 11.7 Å². The molecule has 0 radical (unpaired) electrons. The minimum absolute atomic E-state index is 0.222. The molecular weight excluding hydrogens is 398 g/mol. The molecule has 2 aromatic carbocycles. The van der Waals surface area contributed by atoms with Crippen molar-refractivity contribution in [3.63, 3.8) is 0 Å². The van der Waals surface area contributed by atoms with Gasteiger partial charge in [0, 0.05) is 8.95 Å². The predicted molar refractivity (Wildman–Crippen MR) is 91.5 cm³/mol. The molecule has 0 spiro atoms. The lowest BCUT2D eigenvalue weighted by atomic mass is 9.98. The summed E-state index contributed by atoms with van der Waals surface area (Å²) in [4.78, 5) is 16.9. The third-order valence-corrected chi connectivity index (χ3v) is 5.06. The Kier molecular flexibility index (Phi) is 3.77. The van der Waals surface area contributed by atoms with Gasteiger partial charge in [-0.25, -0.2) is 4.79 Å². The summed E-state index contributed by atoms with van der Waals surface area (Å²) in [6, 6.07) is 9.56. The van der Waals surface area contributed by atoms with Crippen LogP contribution >= 0.6 is 31.9 Å². The molecule has 0 bridgehead atoms. The number of aromatic amines is 2. The Morgan fingerprint density at radius 2 is 1.71 bits per heavy atom. The van der Waals surface area contributed by atoms with Crippen molar-refractivity contribution >= 4 is 42.9 Å². The molecule has 4 nitrogen and oxygen atoms in total. The number of rotatable bonds is 2. The highest BCUT2D eigenvalue weighted by Crippen LogP contribution is 2.31. The summed E-state index contributed by atoms with van der Waals surface area (Å²) in [7, 11) is 0. The van der Waals surface area contributed by atoms with Gasteiger partial charge in [0.15, 0.2) is 0 Å². The summed E-state index contributed by atoms with van der Waals surface area (Å²) >= 11 is 7.06. The van der Waals surface area contributed by atoms with Gasteiger partial charge in [-0.15, -0.1) is 0 Å². The standard InChI is InChI=1S/C15H13Br2N3O/c1-7-2-3-8(4-10(7)16)14(18)9-5-12-13(6-11(9)17)20-15(21)19-12/h2-6,14H,18H2,1H3,(H2,19,20,21). The van der Waals surface area contributed by atoms with E-state index in [0.717, 1.165) is 36.7 Å². The van der Waals surface area contributed by atoms with Crippen molar-refractivity contribution in [3.8, 4) is 0 Å². The molecule has 0 amide bonds. The lowest BCUT2D eigenvalue weighted by molar-refractivity contribution is 0.866. The maximum Gasteiger partial charge on any atom is 0.323 e. The predicted octanol–water partition coefficient (Wildman–Crippen LogP) is 3.74. The highest BCUT2D eigenvalue weighted by molar-refractivity contribution is 9.10. The van der Waals surface area contributed by atoms with Gasteiger partial charge < -0.3 is 15.7 Å². The van der Waals surface area contributed by atoms with E-state index < -0.39 is 0 Å². The normalized spacial score (nSPS) is 12.8. The highest BCUT2D eigenvalue weighted by atomic mass is 79.9. The molecule has 1 heterocycles. The Morgan fingerprint density at radius 1 is 1.05 bits per heavy atom. The van der Waals surface area contributed by atoms with E-state index in [0.29, 0.717) is 0 Å². The summed E-state index contributed by atoms with van der Waals surface area (Å²) in [5.74, 6) is 0. The number of fused-ring (bicyclic) bond motifs is 1. The van der Waals surface area contributed by atoms with Gasteiger partial charge in [-0.1, -0.05) is 44.0 Å². The number of aryl methyl sites for hydroxylation is 1. The third-order valence-electron chi connectivity index (χ3n) is 3.52. The molecule has 1 unspecified atom stereocenters. The molecule has 21 heavy (non-hydrogen) atoms. The fraction of sp³-hybridized carbons (Fsp3) is 0.133. The summed E-state index contributed by atoms with van der Waals surface area (Å²) in [5, 5.41) is 0. The summed E-state index contributed by atoms with van der Waals surface area (Å²) < 4.78 is 1.90. The van der Waals surface area contributed by atoms with Crippen LogP contribution in [0.4, 0.5) is 0 Å². The van der Waals surface area contributed by atoms with E-state index in [1.807, 2.05) is 37.3 Å². The van der Waals surface area contributed by atoms with Crippen LogP contribution in [0, 0.1) is 6.92 Å². The average Bonchev–Trinajstić information content (AvgIpc) is 2.79. The molecule has 6 heteroatoms. The van der Waals surface area contributed by atoms with Crippen LogP contribution in [0.2, 0.25) is 0 Å². The Labute approximate surface area is 138 Å². The van der Waals surface area contributed by atoms with Crippen molar-refractivity contribution in [3.05, 3.63) is 66.5 Å². The Morgan fingerprint density at radius 3 is 2.38 bits per heavy atom. The molecule has 0 aliphatic heterocycles. The first kappa shape index (κ1) is 14.6. The summed E-state index contributed by atoms with van der Waals surface area (Å²) in [6.45, 7) is 2.03. The topological polar surface area (TPSA) is 74.7 Å². The van der Waals surface area contributed by atoms with Crippen molar-refractivity contribution in [1.82, 2.24) is 9.97 Å². The zero-order valence-electron chi connectivity index (χ0n) is 11.2. The summed E-state index contributed by atoms with van der Waals surface area (Å²) in [6.07, 6.45) is 0. The molecular formula is C15H13Br2N3O. The largest absolute Gasteiger partial charge is 0.323 e. The lowest BCUT2D eigenvalue weighted by Gasteiger charge is -2.15. The molecule has 0 saturated carbocycles. The molecule has 3 aromatic rings. The number of imidazole rings is 1. The Bertz CT molecular complexity index is 882. The van der Waals surface area contributed by atoms with Crippen molar-refractivity contribution in [2.24, 2.45) is 5.73 Å². The molecule has 4 N–H and O–H groups in total. The van der Waals surface area contributed by atoms with Crippen molar-refractivity contribution < 1.29 is 0 Å². The molecule has 1 atom stereocenters. The van der Waals surface area contributed by atoms with Gasteiger partial charge in [-0.2, -0.15) is 0 Å². The van der Waals surface area contributed by atoms with Crippen LogP contribution in [-0.2, 0) is 0 Å². The second-order valence-electron chi connectivity index (χ2n) is 4.98. The number of halogens is 2. The molecule has 0 fully saturated rings. The third kappa shape index (κ3) is 2.71. The minimum Gasteiger partial charge on any atom is -0.320 e. The van der Waals surface area contributed by atoms with Gasteiger partial charge in [0.25, 0.3) is 0 Å². The first-order valence-electron chi connectivity index (χ1n) is 6.39. The van der Waals surface area contributed by atoms with Gasteiger partial charge in [-0.05, 0) is 41.8 Å². The quantitative estimate of drug-likeness (QED) is 0.601. The van der Waals surface area contributed by atoms with Crippen LogP contribution in [0.25, 0.3) is 11.0 Å². The van der Waals surface area contributed by atoms with Crippen LogP contribution in [0.3, 0.4) is 0 Å². The van der Waals surface area contributed by atoms with Crippen LogP contribution in [0.15, 0.2) is 44.1 Å². The van der Waals surface area contributed by atoms with Crippen LogP contribution in [0.1, 0.15) is 22.7 Å². The maximum absolute atomic E-state index is 11.4. The molecule has 0 aliphatic rings. The van der Waals surface area contributed by atoms with E-state index >= 15 is 0 Å². The van der Waals surface area contributed by atoms with Crippen molar-refractivity contribution in [2.75, 3.05) is 0 Å². The van der Waals surface area contributed by atoms with Crippen LogP contribution in [-0.4, -0.2) is 9.97 Å². The molecule has 3 rings (SSSR count). The molecule has 0 saturated heterocycles. The second kappa shape index (κ2) is 5.44. The Hall–Kier alpha value is -1.37. The van der Waals surface area contributed by atoms with Gasteiger partial charge >= 0.3 is 5.69 Å². The number of hydrogen-bond acceptors (Lipinski definition) is 2. The van der Waals surface area contributed by atoms with E-state index in [1.54, 1.807) is 0 Å². The van der Waals surface area contributed by atoms with E-state index in [1.165, 1.54) is 0 Å². The zero-order valence-corrected chi connectivity index (χ0v) is 14.4. The summed E-state index contributed by atoms with van der Waals surface area (Å²) in [5.41, 5.74) is 10.8. The zero-order chi connectivity index (χ0) is 15.1. The van der Waals surface area contributed by atoms with Gasteiger partial charge in [0.1, 0.15) is 0 Å². The smallest absolute Gasteiger partial charge is 0.320 e. The number of nitrogens with two attached hydrogens (primary N) is 1. The molecule has 108 valence electrons. The van der Waals surface area contributed by atoms with Crippen LogP contribution < -0.4 is 11.4 Å². The number of H-pyrrole nitrogens is 2. The molecule has 0 aliphatic carbocycles. The van der Waals surface area contributed by atoms with Gasteiger partial charge in [0.05, 0.1) is 17.1 Å². The first-order valence-corrected chi connectivity index (χ1v) is 7.97. The fourth-order valence-electron chi connectivity index (χ4n) is 2.29. The van der Waals surface area contributed by atoms with Gasteiger partial charge in [-0.3, -0.25) is 0 Å². The number of aromatic nitrogens is 2. The number of benzene rings is 2. The van der Waals surface area contributed by atoms with Gasteiger partial charge in [0.2, 0.25) is 0 Å². The second-order valence-corrected chi connectivity index (χ2v) is 6.69. The Balaban J connectivity index is 2.11. The number of hydrogen-bond donors (Lipinski definition) is 3. The highest BCUT2D eigenvalue weighted by Gasteiger charge is 2.15. The van der Waals surface area contributed by atoms with E-state index in [4.69, 9.17) is 5.73 Å².